The zero-order chi connectivity index (χ0) is 16.1. The Morgan fingerprint density at radius 1 is 1.32 bits per heavy atom. The Balaban J connectivity index is 1.90. The van der Waals surface area contributed by atoms with Crippen LogP contribution in [0.25, 0.3) is 0 Å². The number of para-hydroxylation sites is 1. The fourth-order valence-corrected chi connectivity index (χ4v) is 2.65. The average molecular weight is 320 g/mol. The number of carboxylic acid groups (broad SMARTS) is 1. The zero-order valence-electron chi connectivity index (χ0n) is 12.3. The zero-order valence-corrected chi connectivity index (χ0v) is 13.1. The normalized spacial score (nSPS) is 10.3. The van der Waals surface area contributed by atoms with Crippen molar-refractivity contribution in [1.29, 1.82) is 0 Å². The van der Waals surface area contributed by atoms with E-state index in [-0.39, 0.29) is 18.9 Å². The first kappa shape index (κ1) is 16.0. The summed E-state index contributed by atoms with van der Waals surface area (Å²) in [6.07, 6.45) is -0.161. The largest absolute Gasteiger partial charge is 0.483 e. The van der Waals surface area contributed by atoms with E-state index in [0.29, 0.717) is 16.6 Å². The van der Waals surface area contributed by atoms with Crippen molar-refractivity contribution in [3.05, 3.63) is 40.4 Å². The highest BCUT2D eigenvalue weighted by Crippen LogP contribution is 2.22. The van der Waals surface area contributed by atoms with Crippen molar-refractivity contribution < 1.29 is 19.4 Å². The van der Waals surface area contributed by atoms with E-state index in [2.05, 4.69) is 10.3 Å². The van der Waals surface area contributed by atoms with Crippen molar-refractivity contribution in [2.45, 2.75) is 20.3 Å². The number of nitrogens with zero attached hydrogens (tertiary/aromatic N) is 1. The molecule has 2 aromatic rings. The standard InChI is InChI=1S/C15H16N2O4S/c1-9-4-3-5-10(2)14(9)21-7-12(18)17-15-16-11(8-22-15)6-13(19)20/h3-5,8H,6-7H2,1-2H3,(H,19,20)(H,16,17,18). The highest BCUT2D eigenvalue weighted by molar-refractivity contribution is 7.13. The van der Waals surface area contributed by atoms with Gasteiger partial charge in [0.2, 0.25) is 0 Å². The molecule has 0 spiro atoms. The predicted molar refractivity (Wildman–Crippen MR) is 83.5 cm³/mol. The summed E-state index contributed by atoms with van der Waals surface area (Å²) in [6, 6.07) is 5.76. The number of hydrogen-bond donors (Lipinski definition) is 2. The molecule has 6 nitrogen and oxygen atoms in total. The summed E-state index contributed by atoms with van der Waals surface area (Å²) in [7, 11) is 0. The molecule has 22 heavy (non-hydrogen) atoms. The van der Waals surface area contributed by atoms with E-state index in [9.17, 15) is 9.59 Å². The molecule has 116 valence electrons. The number of rotatable bonds is 6. The van der Waals surface area contributed by atoms with Gasteiger partial charge in [-0.2, -0.15) is 0 Å². The lowest BCUT2D eigenvalue weighted by Crippen LogP contribution is -2.20. The molecule has 0 saturated heterocycles. The smallest absolute Gasteiger partial charge is 0.309 e. The number of thiazole rings is 1. The van der Waals surface area contributed by atoms with Gasteiger partial charge in [-0.1, -0.05) is 18.2 Å². The highest BCUT2D eigenvalue weighted by Gasteiger charge is 2.11. The molecule has 7 heteroatoms. The second kappa shape index (κ2) is 7.04. The first-order chi connectivity index (χ1) is 10.5. The van der Waals surface area contributed by atoms with Crippen LogP contribution < -0.4 is 10.1 Å². The molecule has 0 aliphatic rings. The van der Waals surface area contributed by atoms with Crippen LogP contribution >= 0.6 is 11.3 Å². The van der Waals surface area contributed by atoms with E-state index in [1.165, 1.54) is 11.3 Å². The van der Waals surface area contributed by atoms with Crippen LogP contribution in [0.15, 0.2) is 23.6 Å². The Labute approximate surface area is 131 Å². The molecule has 0 saturated carbocycles. The number of carbonyl (C=O) groups is 2. The van der Waals surface area contributed by atoms with Crippen LogP contribution in [0.4, 0.5) is 5.13 Å². The maximum Gasteiger partial charge on any atom is 0.309 e. The number of aryl methyl sites for hydroxylation is 2. The monoisotopic (exact) mass is 320 g/mol. The number of benzene rings is 1. The Morgan fingerprint density at radius 3 is 2.64 bits per heavy atom. The molecule has 0 aliphatic heterocycles. The summed E-state index contributed by atoms with van der Waals surface area (Å²) in [5, 5.41) is 13.2. The Hall–Kier alpha value is -2.41. The fraction of sp³-hybridized carbons (Fsp3) is 0.267. The van der Waals surface area contributed by atoms with Gasteiger partial charge < -0.3 is 9.84 Å². The fourth-order valence-electron chi connectivity index (χ4n) is 1.92. The van der Waals surface area contributed by atoms with Crippen LogP contribution in [-0.4, -0.2) is 28.6 Å². The Morgan fingerprint density at radius 2 is 2.00 bits per heavy atom. The summed E-state index contributed by atoms with van der Waals surface area (Å²) < 4.78 is 5.54. The van der Waals surface area contributed by atoms with Gasteiger partial charge >= 0.3 is 5.97 Å². The topological polar surface area (TPSA) is 88.5 Å². The maximum atomic E-state index is 11.9. The minimum Gasteiger partial charge on any atom is -0.483 e. The van der Waals surface area contributed by atoms with E-state index >= 15 is 0 Å². The molecule has 0 aliphatic carbocycles. The lowest BCUT2D eigenvalue weighted by molar-refractivity contribution is -0.136. The minimum atomic E-state index is -0.957. The molecule has 1 aromatic carbocycles. The molecule has 2 rings (SSSR count). The van der Waals surface area contributed by atoms with Crippen molar-refractivity contribution in [2.24, 2.45) is 0 Å². The van der Waals surface area contributed by atoms with Crippen LogP contribution in [0.1, 0.15) is 16.8 Å². The van der Waals surface area contributed by atoms with Gasteiger partial charge in [-0.05, 0) is 25.0 Å². The lowest BCUT2D eigenvalue weighted by atomic mass is 10.1. The van der Waals surface area contributed by atoms with Gasteiger partial charge in [0.05, 0.1) is 12.1 Å². The van der Waals surface area contributed by atoms with Crippen molar-refractivity contribution in [2.75, 3.05) is 11.9 Å². The number of carboxylic acids is 1. The molecule has 0 atom stereocenters. The molecule has 0 unspecified atom stereocenters. The van der Waals surface area contributed by atoms with Crippen LogP contribution in [-0.2, 0) is 16.0 Å². The number of amides is 1. The molecule has 1 aromatic heterocycles. The Bertz CT molecular complexity index is 676. The molecule has 1 heterocycles. The maximum absolute atomic E-state index is 11.9. The molecule has 2 N–H and O–H groups in total. The van der Waals surface area contributed by atoms with E-state index in [1.807, 2.05) is 32.0 Å². The van der Waals surface area contributed by atoms with Crippen molar-refractivity contribution in [3.63, 3.8) is 0 Å². The van der Waals surface area contributed by atoms with E-state index in [0.717, 1.165) is 11.1 Å². The minimum absolute atomic E-state index is 0.125. The van der Waals surface area contributed by atoms with Gasteiger partial charge in [-0.25, -0.2) is 4.98 Å². The van der Waals surface area contributed by atoms with Crippen LogP contribution in [0, 0.1) is 13.8 Å². The molecular formula is C15H16N2O4S. The second-order valence-corrected chi connectivity index (χ2v) is 5.63. The molecule has 0 radical (unpaired) electrons. The van der Waals surface area contributed by atoms with Crippen LogP contribution in [0.2, 0.25) is 0 Å². The molecular weight excluding hydrogens is 304 g/mol. The summed E-state index contributed by atoms with van der Waals surface area (Å²) >= 11 is 1.19. The number of anilines is 1. The van der Waals surface area contributed by atoms with Gasteiger partial charge in [0.25, 0.3) is 5.91 Å². The quantitative estimate of drug-likeness (QED) is 0.853. The molecule has 0 bridgehead atoms. The number of nitrogens with one attached hydrogen (secondary N) is 1. The SMILES string of the molecule is Cc1cccc(C)c1OCC(=O)Nc1nc(CC(=O)O)cs1. The predicted octanol–water partition coefficient (Wildman–Crippen LogP) is 2.40. The number of carbonyl (C=O) groups excluding carboxylic acids is 1. The third-order valence-corrected chi connectivity index (χ3v) is 3.69. The van der Waals surface area contributed by atoms with E-state index in [1.54, 1.807) is 5.38 Å². The first-order valence-electron chi connectivity index (χ1n) is 6.61. The summed E-state index contributed by atoms with van der Waals surface area (Å²) in [5.41, 5.74) is 2.35. The van der Waals surface area contributed by atoms with Gasteiger partial charge in [-0.15, -0.1) is 11.3 Å². The van der Waals surface area contributed by atoms with Crippen LogP contribution in [0.5, 0.6) is 5.75 Å². The molecule has 1 amide bonds. The average Bonchev–Trinajstić information content (AvgIpc) is 2.84. The van der Waals surface area contributed by atoms with E-state index < -0.39 is 5.97 Å². The number of hydrogen-bond acceptors (Lipinski definition) is 5. The van der Waals surface area contributed by atoms with E-state index in [4.69, 9.17) is 9.84 Å². The molecule has 0 fully saturated rings. The third kappa shape index (κ3) is 4.29. The van der Waals surface area contributed by atoms with Gasteiger partial charge in [0, 0.05) is 5.38 Å². The Kier molecular flexibility index (Phi) is 5.11. The summed E-state index contributed by atoms with van der Waals surface area (Å²) in [5.74, 6) is -0.594. The van der Waals surface area contributed by atoms with Crippen molar-refractivity contribution >= 4 is 28.3 Å². The van der Waals surface area contributed by atoms with Crippen molar-refractivity contribution in [3.8, 4) is 5.75 Å². The summed E-state index contributed by atoms with van der Waals surface area (Å²) in [4.78, 5) is 26.5. The van der Waals surface area contributed by atoms with Gasteiger partial charge in [0.15, 0.2) is 11.7 Å². The number of ether oxygens (including phenoxy) is 1. The highest BCUT2D eigenvalue weighted by atomic mass is 32.1. The number of aromatic nitrogens is 1. The third-order valence-electron chi connectivity index (χ3n) is 2.89. The first-order valence-corrected chi connectivity index (χ1v) is 7.48. The summed E-state index contributed by atoms with van der Waals surface area (Å²) in [6.45, 7) is 3.71. The van der Waals surface area contributed by atoms with Gasteiger partial charge in [0.1, 0.15) is 5.75 Å². The van der Waals surface area contributed by atoms with Crippen molar-refractivity contribution in [1.82, 2.24) is 4.98 Å². The lowest BCUT2D eigenvalue weighted by Gasteiger charge is -2.11. The second-order valence-electron chi connectivity index (χ2n) is 4.77. The van der Waals surface area contributed by atoms with Gasteiger partial charge in [-0.3, -0.25) is 14.9 Å². The van der Waals surface area contributed by atoms with Crippen LogP contribution in [0.3, 0.4) is 0 Å². The number of aliphatic carboxylic acids is 1.